The van der Waals surface area contributed by atoms with Gasteiger partial charge in [-0.25, -0.2) is 4.98 Å². The Balaban J connectivity index is 1.61. The Hall–Kier alpha value is -2.82. The molecule has 0 aliphatic rings. The number of hydrogen-bond donors (Lipinski definition) is 2. The number of carbonyl (C=O) groups is 1. The number of phenols is 1. The molecule has 3 rings (SSSR count). The molecule has 0 bridgehead atoms. The first-order valence-electron chi connectivity index (χ1n) is 7.13. The first kappa shape index (κ1) is 14.1. The fourth-order valence-electron chi connectivity index (χ4n) is 2.33. The molecule has 0 saturated carbocycles. The number of aromatic nitrogens is 2. The Morgan fingerprint density at radius 2 is 2.05 bits per heavy atom. The number of phenolic OH excluding ortho intramolecular Hbond substituents is 1. The minimum absolute atomic E-state index is 0.109. The topological polar surface area (TPSA) is 66.6 Å². The van der Waals surface area contributed by atoms with Crippen LogP contribution < -0.4 is 5.32 Å². The number of aryl methyl sites for hydroxylation is 1. The lowest BCUT2D eigenvalue weighted by atomic mass is 10.1. The minimum atomic E-state index is -0.109. The summed E-state index contributed by atoms with van der Waals surface area (Å²) < 4.78 is 1.89. The van der Waals surface area contributed by atoms with Gasteiger partial charge >= 0.3 is 0 Å². The number of carbonyl (C=O) groups excluding carboxylic acids is 1. The quantitative estimate of drug-likeness (QED) is 0.776. The molecule has 0 aliphatic heterocycles. The number of imidazole rings is 1. The van der Waals surface area contributed by atoms with E-state index in [9.17, 15) is 9.90 Å². The lowest BCUT2D eigenvalue weighted by Crippen LogP contribution is -2.25. The van der Waals surface area contributed by atoms with E-state index < -0.39 is 0 Å². The van der Waals surface area contributed by atoms with Gasteiger partial charge in [0, 0.05) is 24.5 Å². The SMILES string of the molecule is Cc1cn2ccc(C(=O)NCCc3ccc(O)cc3)cc2n1. The Kier molecular flexibility index (Phi) is 3.78. The Morgan fingerprint density at radius 1 is 1.27 bits per heavy atom. The molecule has 2 heterocycles. The van der Waals surface area contributed by atoms with Crippen LogP contribution in [0.15, 0.2) is 48.8 Å². The van der Waals surface area contributed by atoms with Gasteiger partial charge in [-0.2, -0.15) is 0 Å². The number of hydrogen-bond acceptors (Lipinski definition) is 3. The van der Waals surface area contributed by atoms with Gasteiger partial charge < -0.3 is 14.8 Å². The molecule has 5 heteroatoms. The molecular formula is C17H17N3O2. The maximum absolute atomic E-state index is 12.2. The fourth-order valence-corrected chi connectivity index (χ4v) is 2.33. The molecule has 2 aromatic heterocycles. The van der Waals surface area contributed by atoms with Gasteiger partial charge in [0.25, 0.3) is 5.91 Å². The molecule has 0 unspecified atom stereocenters. The molecule has 5 nitrogen and oxygen atoms in total. The fraction of sp³-hybridized carbons (Fsp3) is 0.176. The molecule has 0 saturated heterocycles. The van der Waals surface area contributed by atoms with Crippen molar-refractivity contribution in [3.8, 4) is 5.75 Å². The van der Waals surface area contributed by atoms with Crippen LogP contribution in [-0.2, 0) is 6.42 Å². The first-order valence-corrected chi connectivity index (χ1v) is 7.13. The minimum Gasteiger partial charge on any atom is -0.508 e. The number of aromatic hydroxyl groups is 1. The second-order valence-corrected chi connectivity index (χ2v) is 5.24. The molecule has 2 N–H and O–H groups in total. The molecule has 0 radical (unpaired) electrons. The van der Waals surface area contributed by atoms with Crippen LogP contribution in [0, 0.1) is 6.92 Å². The smallest absolute Gasteiger partial charge is 0.251 e. The van der Waals surface area contributed by atoms with Crippen LogP contribution in [0.25, 0.3) is 5.65 Å². The summed E-state index contributed by atoms with van der Waals surface area (Å²) in [7, 11) is 0. The van der Waals surface area contributed by atoms with Crippen LogP contribution >= 0.6 is 0 Å². The van der Waals surface area contributed by atoms with E-state index in [1.54, 1.807) is 24.3 Å². The average Bonchev–Trinajstić information content (AvgIpc) is 2.88. The van der Waals surface area contributed by atoms with Gasteiger partial charge in [0.2, 0.25) is 0 Å². The zero-order valence-corrected chi connectivity index (χ0v) is 12.3. The molecular weight excluding hydrogens is 278 g/mol. The van der Waals surface area contributed by atoms with E-state index in [2.05, 4.69) is 10.3 Å². The summed E-state index contributed by atoms with van der Waals surface area (Å²) in [5.41, 5.74) is 3.36. The van der Waals surface area contributed by atoms with Crippen molar-refractivity contribution in [2.24, 2.45) is 0 Å². The summed E-state index contributed by atoms with van der Waals surface area (Å²) in [5.74, 6) is 0.137. The van der Waals surface area contributed by atoms with Crippen molar-refractivity contribution in [3.05, 3.63) is 65.6 Å². The van der Waals surface area contributed by atoms with E-state index >= 15 is 0 Å². The standard InChI is InChI=1S/C17H17N3O2/c1-12-11-20-9-7-14(10-16(20)19-12)17(22)18-8-6-13-2-4-15(21)5-3-13/h2-5,7,9-11,21H,6,8H2,1H3,(H,18,22). The summed E-state index contributed by atoms with van der Waals surface area (Å²) in [5, 5.41) is 12.1. The highest BCUT2D eigenvalue weighted by Crippen LogP contribution is 2.10. The van der Waals surface area contributed by atoms with E-state index in [1.807, 2.05) is 35.9 Å². The first-order chi connectivity index (χ1) is 10.6. The van der Waals surface area contributed by atoms with Gasteiger partial charge in [-0.3, -0.25) is 4.79 Å². The van der Waals surface area contributed by atoms with Gasteiger partial charge in [0.05, 0.1) is 5.69 Å². The van der Waals surface area contributed by atoms with Crippen molar-refractivity contribution < 1.29 is 9.90 Å². The number of nitrogens with zero attached hydrogens (tertiary/aromatic N) is 2. The van der Waals surface area contributed by atoms with E-state index in [0.717, 1.165) is 23.3 Å². The van der Waals surface area contributed by atoms with Gasteiger partial charge in [-0.15, -0.1) is 0 Å². The maximum Gasteiger partial charge on any atom is 0.251 e. The van der Waals surface area contributed by atoms with Gasteiger partial charge in [0.1, 0.15) is 11.4 Å². The molecule has 22 heavy (non-hydrogen) atoms. The number of pyridine rings is 1. The molecule has 0 fully saturated rings. The highest BCUT2D eigenvalue weighted by molar-refractivity contribution is 5.95. The predicted octanol–water partition coefficient (Wildman–Crippen LogP) is 2.32. The molecule has 0 atom stereocenters. The lowest BCUT2D eigenvalue weighted by molar-refractivity contribution is 0.0954. The van der Waals surface area contributed by atoms with Crippen LogP contribution in [0.1, 0.15) is 21.6 Å². The van der Waals surface area contributed by atoms with E-state index in [4.69, 9.17) is 0 Å². The zero-order valence-electron chi connectivity index (χ0n) is 12.3. The lowest BCUT2D eigenvalue weighted by Gasteiger charge is -2.06. The largest absolute Gasteiger partial charge is 0.508 e. The third kappa shape index (κ3) is 3.09. The molecule has 0 spiro atoms. The molecule has 1 aromatic carbocycles. The van der Waals surface area contributed by atoms with Crippen LogP contribution in [0.5, 0.6) is 5.75 Å². The van der Waals surface area contributed by atoms with E-state index in [0.29, 0.717) is 12.1 Å². The van der Waals surface area contributed by atoms with Crippen LogP contribution in [0.2, 0.25) is 0 Å². The monoisotopic (exact) mass is 295 g/mol. The number of benzene rings is 1. The van der Waals surface area contributed by atoms with E-state index in [1.165, 1.54) is 0 Å². The zero-order chi connectivity index (χ0) is 15.5. The van der Waals surface area contributed by atoms with Crippen LogP contribution in [0.3, 0.4) is 0 Å². The summed E-state index contributed by atoms with van der Waals surface area (Å²) in [6, 6.07) is 10.5. The van der Waals surface area contributed by atoms with E-state index in [-0.39, 0.29) is 11.7 Å². The number of amides is 1. The predicted molar refractivity (Wildman–Crippen MR) is 84.1 cm³/mol. The summed E-state index contributed by atoms with van der Waals surface area (Å²) in [6.45, 7) is 2.46. The summed E-state index contributed by atoms with van der Waals surface area (Å²) in [4.78, 5) is 16.5. The van der Waals surface area contributed by atoms with Crippen LogP contribution in [-0.4, -0.2) is 26.9 Å². The number of rotatable bonds is 4. The van der Waals surface area contributed by atoms with Crippen LogP contribution in [0.4, 0.5) is 0 Å². The van der Waals surface area contributed by atoms with Gasteiger partial charge in [-0.05, 0) is 43.2 Å². The molecule has 0 aliphatic carbocycles. The Bertz CT molecular complexity index is 806. The summed E-state index contributed by atoms with van der Waals surface area (Å²) >= 11 is 0. The van der Waals surface area contributed by atoms with Crippen molar-refractivity contribution in [1.82, 2.24) is 14.7 Å². The van der Waals surface area contributed by atoms with Gasteiger partial charge in [0.15, 0.2) is 0 Å². The van der Waals surface area contributed by atoms with Crippen molar-refractivity contribution >= 4 is 11.6 Å². The second kappa shape index (κ2) is 5.89. The highest BCUT2D eigenvalue weighted by Gasteiger charge is 2.07. The van der Waals surface area contributed by atoms with Crippen molar-refractivity contribution in [3.63, 3.8) is 0 Å². The highest BCUT2D eigenvalue weighted by atomic mass is 16.3. The third-order valence-corrected chi connectivity index (χ3v) is 3.48. The normalized spacial score (nSPS) is 10.8. The number of nitrogens with one attached hydrogen (secondary N) is 1. The molecule has 1 amide bonds. The second-order valence-electron chi connectivity index (χ2n) is 5.24. The molecule has 112 valence electrons. The van der Waals surface area contributed by atoms with Crippen molar-refractivity contribution in [1.29, 1.82) is 0 Å². The Labute approximate surface area is 128 Å². The van der Waals surface area contributed by atoms with Crippen molar-refractivity contribution in [2.45, 2.75) is 13.3 Å². The average molecular weight is 295 g/mol. The maximum atomic E-state index is 12.2. The third-order valence-electron chi connectivity index (χ3n) is 3.48. The number of fused-ring (bicyclic) bond motifs is 1. The van der Waals surface area contributed by atoms with Gasteiger partial charge in [-0.1, -0.05) is 12.1 Å². The molecule has 3 aromatic rings. The Morgan fingerprint density at radius 3 is 2.82 bits per heavy atom. The van der Waals surface area contributed by atoms with Crippen molar-refractivity contribution in [2.75, 3.05) is 6.54 Å². The summed E-state index contributed by atoms with van der Waals surface area (Å²) in [6.07, 6.45) is 4.48.